The summed E-state index contributed by atoms with van der Waals surface area (Å²) >= 11 is 0. The van der Waals surface area contributed by atoms with Gasteiger partial charge in [-0.15, -0.1) is 0 Å². The van der Waals surface area contributed by atoms with E-state index in [1.807, 2.05) is 0 Å². The Labute approximate surface area is 135 Å². The lowest BCUT2D eigenvalue weighted by Gasteiger charge is -2.27. The van der Waals surface area contributed by atoms with Gasteiger partial charge in [-0.3, -0.25) is 0 Å². The highest BCUT2D eigenvalue weighted by Crippen LogP contribution is 2.33. The van der Waals surface area contributed by atoms with Crippen LogP contribution in [0.3, 0.4) is 0 Å². The Kier molecular flexibility index (Phi) is 4.28. The number of aromatic amines is 1. The zero-order valence-corrected chi connectivity index (χ0v) is 15.3. The summed E-state index contributed by atoms with van der Waals surface area (Å²) in [6, 6.07) is 9.20. The largest absolute Gasteiger partial charge is 0.357 e. The van der Waals surface area contributed by atoms with Gasteiger partial charge in [-0.25, -0.2) is 0 Å². The summed E-state index contributed by atoms with van der Waals surface area (Å²) in [4.78, 5) is 3.68. The molecular formula is C19H28N2Si. The number of H-pyrrole nitrogens is 1. The quantitative estimate of drug-likeness (QED) is 0.767. The van der Waals surface area contributed by atoms with Crippen LogP contribution in [0.2, 0.25) is 19.6 Å². The van der Waals surface area contributed by atoms with Crippen molar-refractivity contribution in [2.24, 2.45) is 0 Å². The Balaban J connectivity index is 1.83. The molecule has 2 aromatic rings. The summed E-state index contributed by atoms with van der Waals surface area (Å²) in [5, 5.41) is 6.83. The Morgan fingerprint density at radius 3 is 2.77 bits per heavy atom. The van der Waals surface area contributed by atoms with Crippen LogP contribution in [0.15, 0.2) is 35.5 Å². The lowest BCUT2D eigenvalue weighted by atomic mass is 9.96. The minimum Gasteiger partial charge on any atom is -0.357 e. The molecule has 0 unspecified atom stereocenters. The van der Waals surface area contributed by atoms with Crippen LogP contribution in [-0.2, 0) is 6.42 Å². The van der Waals surface area contributed by atoms with Gasteiger partial charge in [-0.05, 0) is 44.4 Å². The van der Waals surface area contributed by atoms with E-state index in [2.05, 4.69) is 67.2 Å². The van der Waals surface area contributed by atoms with Crippen LogP contribution < -0.4 is 5.32 Å². The summed E-state index contributed by atoms with van der Waals surface area (Å²) < 4.78 is 0. The van der Waals surface area contributed by atoms with E-state index < -0.39 is 8.07 Å². The molecule has 0 fully saturated rings. The SMILES string of the molecule is C/C=C(/CC[C@H]1NCCc2c1[nH]c1ccccc21)[Si](C)(C)C. The molecule has 0 saturated heterocycles. The van der Waals surface area contributed by atoms with Crippen molar-refractivity contribution in [2.75, 3.05) is 6.54 Å². The van der Waals surface area contributed by atoms with Crippen molar-refractivity contribution in [1.29, 1.82) is 0 Å². The molecule has 0 amide bonds. The maximum Gasteiger partial charge on any atom is 0.0720 e. The van der Waals surface area contributed by atoms with Gasteiger partial charge in [0.05, 0.1) is 8.07 Å². The number of rotatable bonds is 4. The van der Waals surface area contributed by atoms with E-state index in [0.717, 1.165) is 13.0 Å². The van der Waals surface area contributed by atoms with Gasteiger partial charge < -0.3 is 10.3 Å². The molecular weight excluding hydrogens is 284 g/mol. The molecule has 1 aromatic heterocycles. The van der Waals surface area contributed by atoms with Crippen LogP contribution in [0.25, 0.3) is 10.9 Å². The van der Waals surface area contributed by atoms with E-state index in [4.69, 9.17) is 0 Å². The maximum atomic E-state index is 3.72. The van der Waals surface area contributed by atoms with Crippen molar-refractivity contribution in [1.82, 2.24) is 10.3 Å². The van der Waals surface area contributed by atoms with E-state index in [9.17, 15) is 0 Å². The molecule has 1 atom stereocenters. The molecule has 2 nitrogen and oxygen atoms in total. The minimum absolute atomic E-state index is 0.474. The third-order valence-electron chi connectivity index (χ3n) is 4.97. The van der Waals surface area contributed by atoms with Crippen LogP contribution in [-0.4, -0.2) is 19.6 Å². The number of nitrogens with one attached hydrogen (secondary N) is 2. The molecule has 1 aromatic carbocycles. The number of para-hydroxylation sites is 1. The monoisotopic (exact) mass is 312 g/mol. The Bertz CT molecular complexity index is 691. The smallest absolute Gasteiger partial charge is 0.0720 e. The normalized spacial score (nSPS) is 19.5. The highest BCUT2D eigenvalue weighted by atomic mass is 28.3. The lowest BCUT2D eigenvalue weighted by molar-refractivity contribution is 0.470. The van der Waals surface area contributed by atoms with Crippen molar-refractivity contribution < 1.29 is 0 Å². The average Bonchev–Trinajstić information content (AvgIpc) is 2.86. The summed E-state index contributed by atoms with van der Waals surface area (Å²) in [7, 11) is -1.17. The van der Waals surface area contributed by atoms with E-state index in [1.54, 1.807) is 5.20 Å². The minimum atomic E-state index is -1.17. The van der Waals surface area contributed by atoms with Crippen molar-refractivity contribution in [3.05, 3.63) is 46.8 Å². The van der Waals surface area contributed by atoms with Gasteiger partial charge in [0.2, 0.25) is 0 Å². The Morgan fingerprint density at radius 2 is 2.05 bits per heavy atom. The molecule has 2 N–H and O–H groups in total. The third kappa shape index (κ3) is 2.92. The van der Waals surface area contributed by atoms with Crippen LogP contribution in [0.4, 0.5) is 0 Å². The first kappa shape index (κ1) is 15.6. The first-order chi connectivity index (χ1) is 10.5. The number of benzene rings is 1. The molecule has 0 aliphatic carbocycles. The molecule has 3 rings (SSSR count). The first-order valence-corrected chi connectivity index (χ1v) is 12.0. The van der Waals surface area contributed by atoms with Gasteiger partial charge in [-0.2, -0.15) is 0 Å². The zero-order valence-electron chi connectivity index (χ0n) is 14.3. The van der Waals surface area contributed by atoms with Crippen molar-refractivity contribution in [2.45, 2.75) is 51.9 Å². The first-order valence-electron chi connectivity index (χ1n) is 8.49. The molecule has 0 radical (unpaired) electrons. The van der Waals surface area contributed by atoms with Gasteiger partial charge >= 0.3 is 0 Å². The molecule has 0 saturated carbocycles. The van der Waals surface area contributed by atoms with Gasteiger partial charge in [0.15, 0.2) is 0 Å². The van der Waals surface area contributed by atoms with Crippen molar-refractivity contribution >= 4 is 19.0 Å². The molecule has 118 valence electrons. The van der Waals surface area contributed by atoms with Gasteiger partial charge in [0.25, 0.3) is 0 Å². The zero-order chi connectivity index (χ0) is 15.7. The fourth-order valence-corrected chi connectivity index (χ4v) is 5.52. The topological polar surface area (TPSA) is 27.8 Å². The summed E-state index contributed by atoms with van der Waals surface area (Å²) in [5.41, 5.74) is 4.26. The molecule has 2 heterocycles. The Hall–Kier alpha value is -1.32. The standard InChI is InChI=1S/C19H28N2Si/c1-5-14(22(2,3)4)10-11-18-19-16(12-13-20-18)15-8-6-7-9-17(15)21-19/h5-9,18,20-21H,10-13H2,1-4H3/b14-5-/t18-/m1/s1. The summed E-state index contributed by atoms with van der Waals surface area (Å²) in [5.74, 6) is 0. The number of aromatic nitrogens is 1. The van der Waals surface area contributed by atoms with Gasteiger partial charge in [0.1, 0.15) is 0 Å². The number of hydrogen-bond donors (Lipinski definition) is 2. The predicted octanol–water partition coefficient (Wildman–Crippen LogP) is 4.96. The highest BCUT2D eigenvalue weighted by molar-refractivity contribution is 6.83. The second kappa shape index (κ2) is 6.05. The molecule has 1 aliphatic heterocycles. The Morgan fingerprint density at radius 1 is 1.27 bits per heavy atom. The second-order valence-electron chi connectivity index (χ2n) is 7.42. The van der Waals surface area contributed by atoms with Crippen LogP contribution in [0.5, 0.6) is 0 Å². The van der Waals surface area contributed by atoms with Crippen LogP contribution in [0, 0.1) is 0 Å². The van der Waals surface area contributed by atoms with Crippen molar-refractivity contribution in [3.8, 4) is 0 Å². The van der Waals surface area contributed by atoms with Gasteiger partial charge in [-0.1, -0.05) is 49.1 Å². The molecule has 0 spiro atoms. The van der Waals surface area contributed by atoms with Crippen LogP contribution >= 0.6 is 0 Å². The number of allylic oxidation sites excluding steroid dienone is 2. The number of hydrogen-bond acceptors (Lipinski definition) is 1. The molecule has 1 aliphatic rings. The van der Waals surface area contributed by atoms with E-state index >= 15 is 0 Å². The third-order valence-corrected chi connectivity index (χ3v) is 7.44. The summed E-state index contributed by atoms with van der Waals surface area (Å²) in [6.07, 6.45) is 5.92. The van der Waals surface area contributed by atoms with E-state index in [1.165, 1.54) is 35.0 Å². The fraction of sp³-hybridized carbons (Fsp3) is 0.474. The predicted molar refractivity (Wildman–Crippen MR) is 99.1 cm³/mol. The average molecular weight is 313 g/mol. The van der Waals surface area contributed by atoms with Crippen LogP contribution in [0.1, 0.15) is 37.1 Å². The lowest BCUT2D eigenvalue weighted by Crippen LogP contribution is -2.31. The van der Waals surface area contributed by atoms with E-state index in [-0.39, 0.29) is 0 Å². The van der Waals surface area contributed by atoms with E-state index in [0.29, 0.717) is 6.04 Å². The fourth-order valence-electron chi connectivity index (χ4n) is 3.76. The van der Waals surface area contributed by atoms with Crippen molar-refractivity contribution in [3.63, 3.8) is 0 Å². The van der Waals surface area contributed by atoms with Gasteiger partial charge in [0, 0.05) is 22.6 Å². The summed E-state index contributed by atoms with van der Waals surface area (Å²) in [6.45, 7) is 10.6. The number of fused-ring (bicyclic) bond motifs is 3. The molecule has 0 bridgehead atoms. The highest BCUT2D eigenvalue weighted by Gasteiger charge is 2.25. The molecule has 3 heteroatoms. The second-order valence-corrected chi connectivity index (χ2v) is 12.6. The molecule has 22 heavy (non-hydrogen) atoms. The maximum absolute atomic E-state index is 3.72.